The van der Waals surface area contributed by atoms with Gasteiger partial charge in [0.05, 0.1) is 5.75 Å². The van der Waals surface area contributed by atoms with Gasteiger partial charge in [-0.15, -0.1) is 23.1 Å². The Morgan fingerprint density at radius 1 is 1.18 bits per heavy atom. The molecular weight excluding hydrogens is 485 g/mol. The number of thiophene rings is 1. The van der Waals surface area contributed by atoms with E-state index in [4.69, 9.17) is 9.84 Å². The lowest BCUT2D eigenvalue weighted by Crippen LogP contribution is -2.21. The fraction of sp³-hybridized carbons (Fsp3) is 0.348. The molecule has 6 nitrogen and oxygen atoms in total. The lowest BCUT2D eigenvalue weighted by Gasteiger charge is -2.09. The fourth-order valence-corrected chi connectivity index (χ4v) is 7.47. The van der Waals surface area contributed by atoms with Crippen LogP contribution < -0.4 is 10.1 Å². The molecule has 0 aliphatic carbocycles. The number of nitrogens with one attached hydrogen (secondary N) is 1. The number of benzene rings is 2. The molecule has 1 aromatic heterocycles. The molecule has 3 aromatic rings. The van der Waals surface area contributed by atoms with Crippen LogP contribution in [0.15, 0.2) is 45.5 Å². The molecular formula is C23H26FNO5S3. The Labute approximate surface area is 201 Å². The van der Waals surface area contributed by atoms with Gasteiger partial charge in [-0.05, 0) is 79.7 Å². The normalized spacial score (nSPS) is 11.7. The lowest BCUT2D eigenvalue weighted by molar-refractivity contribution is -0.139. The smallest absolute Gasteiger partial charge is 0.341 e. The number of aryl methyl sites for hydroxylation is 2. The van der Waals surface area contributed by atoms with E-state index in [-0.39, 0.29) is 18.2 Å². The number of fused-ring (bicyclic) bond motifs is 1. The number of hydrogen-bond acceptors (Lipinski definition) is 7. The Morgan fingerprint density at radius 2 is 1.97 bits per heavy atom. The van der Waals surface area contributed by atoms with Crippen molar-refractivity contribution in [3.05, 3.63) is 53.3 Å². The van der Waals surface area contributed by atoms with Gasteiger partial charge in [0.25, 0.3) is 0 Å². The van der Waals surface area contributed by atoms with Crippen molar-refractivity contribution in [1.29, 1.82) is 0 Å². The van der Waals surface area contributed by atoms with Crippen molar-refractivity contribution < 1.29 is 27.4 Å². The van der Waals surface area contributed by atoms with Gasteiger partial charge in [0.1, 0.15) is 15.8 Å². The number of aliphatic carboxylic acids is 1. The van der Waals surface area contributed by atoms with Crippen LogP contribution in [0.1, 0.15) is 17.5 Å². The molecule has 10 heteroatoms. The highest BCUT2D eigenvalue weighted by Gasteiger charge is 2.21. The standard InChI is InChI=1S/C23H26FNO5S3/c1-15-12-18(5-6-20(15)30-14-22(26)27)31-10-9-25-8-3-11-33(28,29)23-16(2)19-13-17(24)4-7-21(19)32-23/h4-7,12-13,25H,3,8-11,14H2,1-2H3,(H,26,27). The Morgan fingerprint density at radius 3 is 2.70 bits per heavy atom. The molecule has 0 radical (unpaired) electrons. The maximum absolute atomic E-state index is 13.5. The third-order valence-electron chi connectivity index (χ3n) is 4.95. The number of sulfone groups is 1. The molecule has 2 aromatic carbocycles. The van der Waals surface area contributed by atoms with Gasteiger partial charge < -0.3 is 15.2 Å². The van der Waals surface area contributed by atoms with Crippen LogP contribution in [-0.2, 0) is 14.6 Å². The van der Waals surface area contributed by atoms with Crippen LogP contribution in [0.3, 0.4) is 0 Å². The summed E-state index contributed by atoms with van der Waals surface area (Å²) in [5, 5.41) is 12.6. The molecule has 3 rings (SSSR count). The Hall–Kier alpha value is -2.14. The highest BCUT2D eigenvalue weighted by molar-refractivity contribution is 7.99. The number of carboxylic acid groups (broad SMARTS) is 1. The van der Waals surface area contributed by atoms with Crippen LogP contribution in [0, 0.1) is 19.7 Å². The van der Waals surface area contributed by atoms with Gasteiger partial charge >= 0.3 is 5.97 Å². The van der Waals surface area contributed by atoms with Gasteiger partial charge in [-0.25, -0.2) is 17.6 Å². The van der Waals surface area contributed by atoms with Crippen molar-refractivity contribution in [2.45, 2.75) is 29.4 Å². The molecule has 178 valence electrons. The zero-order valence-corrected chi connectivity index (χ0v) is 20.8. The minimum absolute atomic E-state index is 0.0420. The van der Waals surface area contributed by atoms with Crippen LogP contribution in [-0.4, -0.2) is 50.7 Å². The molecule has 0 unspecified atom stereocenters. The second-order valence-electron chi connectivity index (χ2n) is 7.54. The first kappa shape index (κ1) is 25.5. The van der Waals surface area contributed by atoms with Crippen molar-refractivity contribution in [3.63, 3.8) is 0 Å². The predicted octanol–water partition coefficient (Wildman–Crippen LogP) is 4.67. The summed E-state index contributed by atoms with van der Waals surface area (Å²) in [5.41, 5.74) is 1.49. The molecule has 0 spiro atoms. The molecule has 0 saturated heterocycles. The molecule has 1 heterocycles. The summed E-state index contributed by atoms with van der Waals surface area (Å²) in [6, 6.07) is 9.97. The van der Waals surface area contributed by atoms with Crippen molar-refractivity contribution in [2.24, 2.45) is 0 Å². The third kappa shape index (κ3) is 6.92. The maximum atomic E-state index is 13.5. The first-order valence-corrected chi connectivity index (χ1v) is 13.8. The SMILES string of the molecule is Cc1cc(SCCNCCCS(=O)(=O)c2sc3ccc(F)cc3c2C)ccc1OCC(=O)O. The number of rotatable bonds is 12. The molecule has 0 atom stereocenters. The average Bonchev–Trinajstić information content (AvgIpc) is 3.09. The summed E-state index contributed by atoms with van der Waals surface area (Å²) < 4.78 is 45.4. The molecule has 0 aliphatic heterocycles. The third-order valence-corrected chi connectivity index (χ3v) is 9.72. The summed E-state index contributed by atoms with van der Waals surface area (Å²) in [4.78, 5) is 11.7. The molecule has 0 bridgehead atoms. The second kappa shape index (κ2) is 11.3. The van der Waals surface area contributed by atoms with E-state index in [0.717, 1.165) is 27.5 Å². The number of thioether (sulfide) groups is 1. The van der Waals surface area contributed by atoms with E-state index in [1.165, 1.54) is 23.5 Å². The zero-order valence-electron chi connectivity index (χ0n) is 18.4. The van der Waals surface area contributed by atoms with Crippen LogP contribution >= 0.6 is 23.1 Å². The largest absolute Gasteiger partial charge is 0.482 e. The molecule has 2 N–H and O–H groups in total. The van der Waals surface area contributed by atoms with Gasteiger partial charge in [-0.2, -0.15) is 0 Å². The van der Waals surface area contributed by atoms with E-state index >= 15 is 0 Å². The summed E-state index contributed by atoms with van der Waals surface area (Å²) in [5.74, 6) is 0.0243. The van der Waals surface area contributed by atoms with Crippen LogP contribution in [0.25, 0.3) is 10.1 Å². The fourth-order valence-electron chi connectivity index (χ4n) is 3.33. The van der Waals surface area contributed by atoms with Crippen molar-refractivity contribution in [3.8, 4) is 5.75 Å². The Balaban J connectivity index is 1.41. The van der Waals surface area contributed by atoms with Crippen LogP contribution in [0.4, 0.5) is 4.39 Å². The number of carboxylic acids is 1. The second-order valence-corrected chi connectivity index (χ2v) is 12.1. The summed E-state index contributed by atoms with van der Waals surface area (Å²) >= 11 is 2.85. The first-order valence-electron chi connectivity index (χ1n) is 10.4. The van der Waals surface area contributed by atoms with Gasteiger partial charge in [0.15, 0.2) is 16.4 Å². The van der Waals surface area contributed by atoms with E-state index in [9.17, 15) is 17.6 Å². The van der Waals surface area contributed by atoms with Crippen LogP contribution in [0.5, 0.6) is 5.75 Å². The quantitative estimate of drug-likeness (QED) is 0.270. The number of ether oxygens (including phenoxy) is 1. The predicted molar refractivity (Wildman–Crippen MR) is 131 cm³/mol. The van der Waals surface area contributed by atoms with Gasteiger partial charge in [-0.1, -0.05) is 0 Å². The summed E-state index contributed by atoms with van der Waals surface area (Å²) in [6.45, 7) is 4.54. The topological polar surface area (TPSA) is 92.7 Å². The Bertz CT molecular complexity index is 1240. The van der Waals surface area contributed by atoms with E-state index in [1.807, 2.05) is 19.1 Å². The summed E-state index contributed by atoms with van der Waals surface area (Å²) in [7, 11) is -3.42. The number of halogens is 1. The van der Waals surface area contributed by atoms with Crippen LogP contribution in [0.2, 0.25) is 0 Å². The maximum Gasteiger partial charge on any atom is 0.341 e. The monoisotopic (exact) mass is 511 g/mol. The molecule has 0 fully saturated rings. The van der Waals surface area contributed by atoms with E-state index in [0.29, 0.717) is 33.9 Å². The highest BCUT2D eigenvalue weighted by atomic mass is 32.2. The highest BCUT2D eigenvalue weighted by Crippen LogP contribution is 2.35. The summed E-state index contributed by atoms with van der Waals surface area (Å²) in [6.07, 6.45) is 0.490. The van der Waals surface area contributed by atoms with Crippen molar-refractivity contribution in [2.75, 3.05) is 31.2 Å². The molecule has 33 heavy (non-hydrogen) atoms. The van der Waals surface area contributed by atoms with E-state index in [2.05, 4.69) is 5.32 Å². The average molecular weight is 512 g/mol. The number of hydrogen-bond donors (Lipinski definition) is 2. The minimum atomic E-state index is -3.42. The zero-order chi connectivity index (χ0) is 24.0. The van der Waals surface area contributed by atoms with Gasteiger partial charge in [0, 0.05) is 21.9 Å². The molecule has 0 saturated carbocycles. The minimum Gasteiger partial charge on any atom is -0.482 e. The van der Waals surface area contributed by atoms with Gasteiger partial charge in [0.2, 0.25) is 0 Å². The van der Waals surface area contributed by atoms with Crippen molar-refractivity contribution in [1.82, 2.24) is 5.32 Å². The molecule has 0 aliphatic rings. The van der Waals surface area contributed by atoms with Gasteiger partial charge in [-0.3, -0.25) is 0 Å². The van der Waals surface area contributed by atoms with Crippen molar-refractivity contribution >= 4 is 49.0 Å². The van der Waals surface area contributed by atoms with E-state index in [1.54, 1.807) is 30.8 Å². The molecule has 0 amide bonds. The first-order chi connectivity index (χ1) is 15.7. The Kier molecular flexibility index (Phi) is 8.75. The number of carbonyl (C=O) groups is 1. The van der Waals surface area contributed by atoms with E-state index < -0.39 is 15.8 Å². The lowest BCUT2D eigenvalue weighted by atomic mass is 10.2.